The first-order valence-corrected chi connectivity index (χ1v) is 11.1. The monoisotopic (exact) mass is 422 g/mol. The molecule has 2 aliphatic rings. The number of carbonyl (C=O) groups is 1. The molecule has 9 nitrogen and oxygen atoms in total. The molecule has 1 saturated carbocycles. The molecule has 1 saturated heterocycles. The van der Waals surface area contributed by atoms with Crippen LogP contribution in [0.15, 0.2) is 48.1 Å². The lowest BCUT2D eigenvalue weighted by molar-refractivity contribution is -0.128. The molecule has 3 aromatic rings. The highest BCUT2D eigenvalue weighted by atomic mass is 32.2. The Morgan fingerprint density at radius 2 is 1.83 bits per heavy atom. The molecule has 4 heterocycles. The Labute approximate surface area is 178 Å². The third-order valence-corrected chi connectivity index (χ3v) is 6.22. The van der Waals surface area contributed by atoms with E-state index in [1.165, 1.54) is 11.8 Å². The lowest BCUT2D eigenvalue weighted by atomic mass is 10.3. The van der Waals surface area contributed by atoms with Gasteiger partial charge in [-0.3, -0.25) is 14.3 Å². The minimum absolute atomic E-state index is 0.127. The second kappa shape index (κ2) is 8.39. The maximum Gasteiger partial charge on any atom is 0.233 e. The fraction of sp³-hybridized carbons (Fsp3) is 0.400. The van der Waals surface area contributed by atoms with Crippen LogP contribution in [0.3, 0.4) is 0 Å². The highest BCUT2D eigenvalue weighted by Gasteiger charge is 2.31. The summed E-state index contributed by atoms with van der Waals surface area (Å²) in [5, 5.41) is 9.57. The van der Waals surface area contributed by atoms with E-state index in [1.54, 1.807) is 30.9 Å². The maximum atomic E-state index is 12.8. The van der Waals surface area contributed by atoms with Crippen LogP contribution in [0.25, 0.3) is 11.4 Å². The number of piperazine rings is 1. The van der Waals surface area contributed by atoms with Gasteiger partial charge in [0.2, 0.25) is 11.9 Å². The van der Waals surface area contributed by atoms with Gasteiger partial charge in [-0.25, -0.2) is 9.97 Å². The van der Waals surface area contributed by atoms with E-state index in [2.05, 4.69) is 34.6 Å². The number of carbonyl (C=O) groups excluding carboxylic acids is 1. The minimum atomic E-state index is 0.127. The number of pyridine rings is 1. The van der Waals surface area contributed by atoms with Crippen LogP contribution >= 0.6 is 11.8 Å². The Morgan fingerprint density at radius 3 is 2.53 bits per heavy atom. The lowest BCUT2D eigenvalue weighted by Crippen LogP contribution is -2.49. The highest BCUT2D eigenvalue weighted by Crippen LogP contribution is 2.40. The van der Waals surface area contributed by atoms with Gasteiger partial charge in [0, 0.05) is 62.6 Å². The molecule has 5 rings (SSSR count). The zero-order valence-corrected chi connectivity index (χ0v) is 17.3. The van der Waals surface area contributed by atoms with Crippen molar-refractivity contribution in [2.24, 2.45) is 0 Å². The molecule has 0 N–H and O–H groups in total. The van der Waals surface area contributed by atoms with Gasteiger partial charge in [-0.1, -0.05) is 11.8 Å². The van der Waals surface area contributed by atoms with Crippen LogP contribution < -0.4 is 4.90 Å². The summed E-state index contributed by atoms with van der Waals surface area (Å²) in [6, 6.07) is 6.12. The van der Waals surface area contributed by atoms with Crippen LogP contribution in [-0.2, 0) is 4.79 Å². The molecule has 1 aliphatic carbocycles. The number of rotatable bonds is 6. The van der Waals surface area contributed by atoms with Crippen molar-refractivity contribution in [2.75, 3.05) is 36.8 Å². The van der Waals surface area contributed by atoms with Crippen LogP contribution in [0, 0.1) is 0 Å². The van der Waals surface area contributed by atoms with E-state index in [1.807, 2.05) is 17.0 Å². The summed E-state index contributed by atoms with van der Waals surface area (Å²) in [7, 11) is 0. The average molecular weight is 423 g/mol. The molecule has 0 unspecified atom stereocenters. The summed E-state index contributed by atoms with van der Waals surface area (Å²) in [4.78, 5) is 29.6. The van der Waals surface area contributed by atoms with Crippen molar-refractivity contribution < 1.29 is 4.79 Å². The van der Waals surface area contributed by atoms with Gasteiger partial charge in [0.05, 0.1) is 5.75 Å². The fourth-order valence-corrected chi connectivity index (χ4v) is 4.47. The molecule has 154 valence electrons. The van der Waals surface area contributed by atoms with Crippen molar-refractivity contribution >= 4 is 23.6 Å². The van der Waals surface area contributed by atoms with Crippen LogP contribution in [0.2, 0.25) is 0 Å². The van der Waals surface area contributed by atoms with Crippen molar-refractivity contribution in [3.8, 4) is 11.4 Å². The van der Waals surface area contributed by atoms with Gasteiger partial charge in [-0.2, -0.15) is 0 Å². The minimum Gasteiger partial charge on any atom is -0.338 e. The number of hydrogen-bond acceptors (Lipinski definition) is 8. The van der Waals surface area contributed by atoms with Crippen LogP contribution in [0.5, 0.6) is 0 Å². The smallest absolute Gasteiger partial charge is 0.233 e. The molecule has 0 aromatic carbocycles. The predicted octanol–water partition coefficient (Wildman–Crippen LogP) is 1.91. The molecular formula is C20H22N8OS. The number of amides is 1. The Kier molecular flexibility index (Phi) is 5.31. The Balaban J connectivity index is 1.21. The number of aromatic nitrogens is 6. The van der Waals surface area contributed by atoms with Crippen molar-refractivity contribution in [1.29, 1.82) is 0 Å². The molecule has 2 fully saturated rings. The van der Waals surface area contributed by atoms with Gasteiger partial charge in [-0.05, 0) is 31.0 Å². The van der Waals surface area contributed by atoms with Crippen molar-refractivity contribution in [3.63, 3.8) is 0 Å². The van der Waals surface area contributed by atoms with Crippen LogP contribution in [-0.4, -0.2) is 72.5 Å². The molecule has 0 spiro atoms. The zero-order chi connectivity index (χ0) is 20.3. The molecule has 10 heteroatoms. The van der Waals surface area contributed by atoms with Gasteiger partial charge < -0.3 is 9.80 Å². The lowest BCUT2D eigenvalue weighted by Gasteiger charge is -2.34. The summed E-state index contributed by atoms with van der Waals surface area (Å²) < 4.78 is 2.17. The number of anilines is 1. The topological polar surface area (TPSA) is 92.9 Å². The standard InChI is InChI=1S/C20H22N8OS/c29-17(26-9-11-27(12-10-26)19-22-7-2-8-23-19)14-30-20-25-24-18(28(20)16-4-5-16)15-3-1-6-21-13-15/h1-3,6-8,13,16H,4-5,9-12,14H2. The SMILES string of the molecule is O=C(CSc1nnc(-c2cccnc2)n1C1CC1)N1CCN(c2ncccn2)CC1. The number of thioether (sulfide) groups is 1. The van der Waals surface area contributed by atoms with Gasteiger partial charge in [0.25, 0.3) is 0 Å². The highest BCUT2D eigenvalue weighted by molar-refractivity contribution is 7.99. The van der Waals surface area contributed by atoms with Crippen molar-refractivity contribution in [2.45, 2.75) is 24.0 Å². The first-order valence-electron chi connectivity index (χ1n) is 10.1. The Hall–Kier alpha value is -3.01. The second-order valence-electron chi connectivity index (χ2n) is 7.35. The van der Waals surface area contributed by atoms with Gasteiger partial charge in [0.1, 0.15) is 0 Å². The van der Waals surface area contributed by atoms with Crippen LogP contribution in [0.4, 0.5) is 5.95 Å². The Bertz CT molecular complexity index is 1000. The van der Waals surface area contributed by atoms with E-state index in [9.17, 15) is 4.79 Å². The zero-order valence-electron chi connectivity index (χ0n) is 16.5. The van der Waals surface area contributed by atoms with Gasteiger partial charge in [0.15, 0.2) is 11.0 Å². The third kappa shape index (κ3) is 4.00. The van der Waals surface area contributed by atoms with Gasteiger partial charge >= 0.3 is 0 Å². The molecule has 0 radical (unpaired) electrons. The number of nitrogens with zero attached hydrogens (tertiary/aromatic N) is 8. The molecule has 3 aromatic heterocycles. The average Bonchev–Trinajstić information content (AvgIpc) is 3.57. The fourth-order valence-electron chi connectivity index (χ4n) is 3.56. The largest absolute Gasteiger partial charge is 0.338 e. The molecule has 1 amide bonds. The summed E-state index contributed by atoms with van der Waals surface area (Å²) in [6.07, 6.45) is 9.28. The van der Waals surface area contributed by atoms with E-state index in [4.69, 9.17) is 0 Å². The molecule has 30 heavy (non-hydrogen) atoms. The predicted molar refractivity (Wildman–Crippen MR) is 113 cm³/mol. The maximum absolute atomic E-state index is 12.8. The first kappa shape index (κ1) is 19.0. The van der Waals surface area contributed by atoms with Gasteiger partial charge in [-0.15, -0.1) is 10.2 Å². The summed E-state index contributed by atoms with van der Waals surface area (Å²) in [6.45, 7) is 2.83. The summed E-state index contributed by atoms with van der Waals surface area (Å²) in [5.41, 5.74) is 0.953. The summed E-state index contributed by atoms with van der Waals surface area (Å²) >= 11 is 1.47. The van der Waals surface area contributed by atoms with E-state index in [0.717, 1.165) is 48.4 Å². The molecule has 0 bridgehead atoms. The first-order chi connectivity index (χ1) is 14.8. The summed E-state index contributed by atoms with van der Waals surface area (Å²) in [5.74, 6) is 2.04. The van der Waals surface area contributed by atoms with Crippen LogP contribution in [0.1, 0.15) is 18.9 Å². The molecule has 1 aliphatic heterocycles. The normalized spacial score (nSPS) is 16.7. The molecular weight excluding hydrogens is 400 g/mol. The third-order valence-electron chi connectivity index (χ3n) is 5.29. The Morgan fingerprint density at radius 1 is 1.03 bits per heavy atom. The van der Waals surface area contributed by atoms with E-state index in [0.29, 0.717) is 24.9 Å². The van der Waals surface area contributed by atoms with E-state index >= 15 is 0 Å². The van der Waals surface area contributed by atoms with E-state index < -0.39 is 0 Å². The van der Waals surface area contributed by atoms with Crippen molar-refractivity contribution in [3.05, 3.63) is 43.0 Å². The van der Waals surface area contributed by atoms with Crippen molar-refractivity contribution in [1.82, 2.24) is 34.6 Å². The second-order valence-corrected chi connectivity index (χ2v) is 8.30. The van der Waals surface area contributed by atoms with E-state index in [-0.39, 0.29) is 5.91 Å². The number of hydrogen-bond donors (Lipinski definition) is 0. The quantitative estimate of drug-likeness (QED) is 0.556. The molecule has 0 atom stereocenters.